The van der Waals surface area contributed by atoms with Gasteiger partial charge in [-0.25, -0.2) is 0 Å². The van der Waals surface area contributed by atoms with Crippen molar-refractivity contribution in [1.29, 1.82) is 0 Å². The summed E-state index contributed by atoms with van der Waals surface area (Å²) in [4.78, 5) is 10.2. The SMILES string of the molecule is CNC(=O)CC[S-].[Na+]. The van der Waals surface area contributed by atoms with Crippen molar-refractivity contribution >= 4 is 18.5 Å². The van der Waals surface area contributed by atoms with E-state index in [4.69, 9.17) is 0 Å². The van der Waals surface area contributed by atoms with Crippen LogP contribution in [-0.2, 0) is 17.4 Å². The Morgan fingerprint density at radius 3 is 2.38 bits per heavy atom. The maximum absolute atomic E-state index is 10.2. The molecule has 1 N–H and O–H groups in total. The molecular formula is C4H8NNaOS. The number of nitrogens with one attached hydrogen (secondary N) is 1. The van der Waals surface area contributed by atoms with Crippen LogP contribution in [0.5, 0.6) is 0 Å². The number of carbonyl (C=O) groups excluding carboxylic acids is 1. The van der Waals surface area contributed by atoms with Gasteiger partial charge >= 0.3 is 29.6 Å². The molecule has 42 valence electrons. The second-order valence-corrected chi connectivity index (χ2v) is 1.54. The van der Waals surface area contributed by atoms with Gasteiger partial charge in [0, 0.05) is 13.5 Å². The summed E-state index contributed by atoms with van der Waals surface area (Å²) in [6, 6.07) is 0. The monoisotopic (exact) mass is 141 g/mol. The van der Waals surface area contributed by atoms with Crippen LogP contribution in [0.15, 0.2) is 0 Å². The smallest absolute Gasteiger partial charge is 0.792 e. The standard InChI is InChI=1S/C4H9NOS.Na/c1-5-4(6)2-3-7;/h7H,2-3H2,1H3,(H,5,6);/q;+1/p-1. The summed E-state index contributed by atoms with van der Waals surface area (Å²) in [5.74, 6) is 0.537. The van der Waals surface area contributed by atoms with Gasteiger partial charge in [-0.05, 0) is 0 Å². The van der Waals surface area contributed by atoms with Crippen molar-refractivity contribution in [2.75, 3.05) is 12.8 Å². The predicted molar refractivity (Wildman–Crippen MR) is 30.9 cm³/mol. The molecule has 2 nitrogen and oxygen atoms in total. The summed E-state index contributed by atoms with van der Waals surface area (Å²) in [6.45, 7) is 0. The van der Waals surface area contributed by atoms with Crippen molar-refractivity contribution in [3.8, 4) is 0 Å². The second kappa shape index (κ2) is 7.82. The van der Waals surface area contributed by atoms with E-state index in [0.717, 1.165) is 0 Å². The number of carbonyl (C=O) groups is 1. The third kappa shape index (κ3) is 6.82. The molecule has 0 aromatic heterocycles. The molecule has 1 amide bonds. The van der Waals surface area contributed by atoms with Gasteiger partial charge in [0.25, 0.3) is 0 Å². The molecule has 0 aliphatic heterocycles. The zero-order chi connectivity index (χ0) is 5.70. The molecular weight excluding hydrogens is 133 g/mol. The van der Waals surface area contributed by atoms with Gasteiger partial charge in [-0.3, -0.25) is 4.79 Å². The van der Waals surface area contributed by atoms with E-state index in [1.54, 1.807) is 7.05 Å². The molecule has 0 atom stereocenters. The molecule has 0 aliphatic carbocycles. The van der Waals surface area contributed by atoms with Crippen LogP contribution in [0, 0.1) is 0 Å². The van der Waals surface area contributed by atoms with Gasteiger partial charge in [-0.1, -0.05) is 0 Å². The van der Waals surface area contributed by atoms with Crippen LogP contribution < -0.4 is 34.9 Å². The largest absolute Gasteiger partial charge is 1.00 e. The molecule has 0 saturated heterocycles. The number of rotatable bonds is 2. The first-order valence-electron chi connectivity index (χ1n) is 2.10. The van der Waals surface area contributed by atoms with Gasteiger partial charge in [0.05, 0.1) is 0 Å². The van der Waals surface area contributed by atoms with Crippen LogP contribution in [0.1, 0.15) is 6.42 Å². The molecule has 0 saturated carbocycles. The van der Waals surface area contributed by atoms with Crippen LogP contribution in [0.3, 0.4) is 0 Å². The topological polar surface area (TPSA) is 29.1 Å². The Hall–Kier alpha value is 0.820. The molecule has 0 aromatic rings. The minimum absolute atomic E-state index is 0. The van der Waals surface area contributed by atoms with Crippen molar-refractivity contribution in [2.24, 2.45) is 0 Å². The first-order chi connectivity index (χ1) is 3.31. The third-order valence-corrected chi connectivity index (χ3v) is 0.812. The van der Waals surface area contributed by atoms with Crippen LogP contribution in [0.25, 0.3) is 0 Å². The zero-order valence-corrected chi connectivity index (χ0v) is 8.05. The van der Waals surface area contributed by atoms with Crippen LogP contribution in [0.4, 0.5) is 0 Å². The van der Waals surface area contributed by atoms with E-state index in [9.17, 15) is 4.79 Å². The fraction of sp³-hybridized carbons (Fsp3) is 0.750. The summed E-state index contributed by atoms with van der Waals surface area (Å²) in [5.41, 5.74) is 0. The average molecular weight is 141 g/mol. The molecule has 0 aliphatic rings. The van der Waals surface area contributed by atoms with E-state index in [2.05, 4.69) is 17.9 Å². The van der Waals surface area contributed by atoms with E-state index in [0.29, 0.717) is 12.2 Å². The summed E-state index contributed by atoms with van der Waals surface area (Å²) in [7, 11) is 1.60. The van der Waals surface area contributed by atoms with Gasteiger partial charge in [-0.2, -0.15) is 5.75 Å². The quantitative estimate of drug-likeness (QED) is 0.322. The van der Waals surface area contributed by atoms with Gasteiger partial charge in [0.1, 0.15) is 0 Å². The first-order valence-corrected chi connectivity index (χ1v) is 2.67. The van der Waals surface area contributed by atoms with Crippen molar-refractivity contribution in [1.82, 2.24) is 5.32 Å². The maximum Gasteiger partial charge on any atom is 1.00 e. The molecule has 8 heavy (non-hydrogen) atoms. The van der Waals surface area contributed by atoms with Crippen molar-refractivity contribution in [2.45, 2.75) is 6.42 Å². The molecule has 0 heterocycles. The van der Waals surface area contributed by atoms with Crippen molar-refractivity contribution < 1.29 is 34.4 Å². The Balaban J connectivity index is 0. The van der Waals surface area contributed by atoms with E-state index >= 15 is 0 Å². The van der Waals surface area contributed by atoms with Gasteiger partial charge in [-0.15, -0.1) is 0 Å². The zero-order valence-electron chi connectivity index (χ0n) is 5.23. The summed E-state index contributed by atoms with van der Waals surface area (Å²) in [6.07, 6.45) is 0.464. The van der Waals surface area contributed by atoms with E-state index < -0.39 is 0 Å². The van der Waals surface area contributed by atoms with Crippen molar-refractivity contribution in [3.05, 3.63) is 0 Å². The fourth-order valence-electron chi connectivity index (χ4n) is 0.218. The maximum atomic E-state index is 10.2. The van der Waals surface area contributed by atoms with Crippen LogP contribution in [0.2, 0.25) is 0 Å². The van der Waals surface area contributed by atoms with E-state index in [1.165, 1.54) is 0 Å². The Morgan fingerprint density at radius 1 is 1.75 bits per heavy atom. The Kier molecular flexibility index (Phi) is 11.3. The van der Waals surface area contributed by atoms with Crippen LogP contribution >= 0.6 is 0 Å². The molecule has 0 spiro atoms. The second-order valence-electron chi connectivity index (χ2n) is 1.13. The number of hydrogen-bond acceptors (Lipinski definition) is 2. The fourth-order valence-corrected chi connectivity index (χ4v) is 0.403. The normalized spacial score (nSPS) is 7.25. The number of hydrogen-bond donors (Lipinski definition) is 1. The molecule has 0 aromatic carbocycles. The summed E-state index contributed by atoms with van der Waals surface area (Å²) < 4.78 is 0. The molecule has 0 radical (unpaired) electrons. The Labute approximate surface area is 77.1 Å². The summed E-state index contributed by atoms with van der Waals surface area (Å²) >= 11 is 4.53. The van der Waals surface area contributed by atoms with Gasteiger partial charge in [0.2, 0.25) is 5.91 Å². The molecule has 4 heteroatoms. The van der Waals surface area contributed by atoms with Crippen molar-refractivity contribution in [3.63, 3.8) is 0 Å². The van der Waals surface area contributed by atoms with E-state index in [-0.39, 0.29) is 35.5 Å². The van der Waals surface area contributed by atoms with Crippen LogP contribution in [-0.4, -0.2) is 18.7 Å². The molecule has 0 fully saturated rings. The van der Waals surface area contributed by atoms with Gasteiger partial charge in [0.15, 0.2) is 0 Å². The van der Waals surface area contributed by atoms with E-state index in [1.807, 2.05) is 0 Å². The Bertz CT molecular complexity index is 69.1. The molecule has 0 rings (SSSR count). The average Bonchev–Trinajstić information content (AvgIpc) is 1.68. The first kappa shape index (κ1) is 11.6. The predicted octanol–water partition coefficient (Wildman–Crippen LogP) is -3.33. The molecule has 0 unspecified atom stereocenters. The Morgan fingerprint density at radius 2 is 2.25 bits per heavy atom. The summed E-state index contributed by atoms with van der Waals surface area (Å²) in [5, 5.41) is 2.46. The van der Waals surface area contributed by atoms with Gasteiger partial charge < -0.3 is 17.9 Å². The third-order valence-electron chi connectivity index (χ3n) is 0.608. The minimum atomic E-state index is 0. The number of amides is 1. The minimum Gasteiger partial charge on any atom is -0.792 e. The molecule has 0 bridgehead atoms.